The summed E-state index contributed by atoms with van der Waals surface area (Å²) in [5, 5.41) is 10.5. The number of aryl methyl sites for hydroxylation is 1. The summed E-state index contributed by atoms with van der Waals surface area (Å²) in [6.45, 7) is 10.8. The first kappa shape index (κ1) is 18.9. The highest BCUT2D eigenvalue weighted by Gasteiger charge is 2.28. The summed E-state index contributed by atoms with van der Waals surface area (Å²) >= 11 is 0. The lowest BCUT2D eigenvalue weighted by Crippen LogP contribution is -2.54. The Balaban J connectivity index is 1.96. The summed E-state index contributed by atoms with van der Waals surface area (Å²) in [6, 6.07) is 7.71. The molecule has 2 unspecified atom stereocenters. The molecule has 1 aromatic carbocycles. The van der Waals surface area contributed by atoms with Crippen LogP contribution in [-0.4, -0.2) is 78.1 Å². The molecule has 5 nitrogen and oxygen atoms in total. The maximum absolute atomic E-state index is 12.8. The largest absolute Gasteiger partial charge is 0.387 e. The molecule has 0 spiro atoms. The number of hydrogen-bond acceptors (Lipinski definition) is 4. The molecule has 0 bridgehead atoms. The van der Waals surface area contributed by atoms with Crippen molar-refractivity contribution in [1.82, 2.24) is 14.7 Å². The number of amides is 1. The molecule has 1 N–H and O–H groups in total. The molecule has 1 aliphatic rings. The van der Waals surface area contributed by atoms with Crippen molar-refractivity contribution in [2.45, 2.75) is 32.9 Å². The molecular weight excluding hydrogens is 302 g/mol. The third kappa shape index (κ3) is 4.79. The van der Waals surface area contributed by atoms with E-state index in [1.807, 2.05) is 45.0 Å². The number of hydrogen-bond donors (Lipinski definition) is 1. The van der Waals surface area contributed by atoms with Gasteiger partial charge in [-0.2, -0.15) is 0 Å². The van der Waals surface area contributed by atoms with Gasteiger partial charge in [0, 0.05) is 32.7 Å². The number of nitrogens with zero attached hydrogens (tertiary/aromatic N) is 3. The molecule has 0 saturated carbocycles. The second-order valence-electron chi connectivity index (χ2n) is 6.82. The molecule has 1 heterocycles. The van der Waals surface area contributed by atoms with E-state index < -0.39 is 6.10 Å². The van der Waals surface area contributed by atoms with Gasteiger partial charge in [-0.05, 0) is 33.4 Å². The van der Waals surface area contributed by atoms with E-state index >= 15 is 0 Å². The van der Waals surface area contributed by atoms with E-state index in [1.165, 1.54) is 0 Å². The van der Waals surface area contributed by atoms with Gasteiger partial charge in [0.25, 0.3) is 0 Å². The Morgan fingerprint density at radius 3 is 2.33 bits per heavy atom. The SMILES string of the molecule is CCN(CC(O)c1ccc(C)cc1)C(=O)C(C)N1CCN(C)CC1. The van der Waals surface area contributed by atoms with Crippen molar-refractivity contribution in [2.75, 3.05) is 46.3 Å². The number of benzene rings is 1. The number of carbonyl (C=O) groups excluding carboxylic acids is 1. The van der Waals surface area contributed by atoms with Crippen molar-refractivity contribution in [3.05, 3.63) is 35.4 Å². The van der Waals surface area contributed by atoms with E-state index in [0.29, 0.717) is 13.1 Å². The van der Waals surface area contributed by atoms with Crippen LogP contribution in [0.25, 0.3) is 0 Å². The number of carbonyl (C=O) groups is 1. The van der Waals surface area contributed by atoms with Crippen LogP contribution >= 0.6 is 0 Å². The molecule has 1 amide bonds. The molecule has 24 heavy (non-hydrogen) atoms. The first-order valence-corrected chi connectivity index (χ1v) is 8.88. The number of aliphatic hydroxyl groups is 1. The first-order chi connectivity index (χ1) is 11.4. The van der Waals surface area contributed by atoms with Gasteiger partial charge in [0.2, 0.25) is 5.91 Å². The molecule has 0 radical (unpaired) electrons. The third-order valence-electron chi connectivity index (χ3n) is 4.99. The predicted octanol–water partition coefficient (Wildman–Crippen LogP) is 1.51. The Hall–Kier alpha value is -1.43. The van der Waals surface area contributed by atoms with Gasteiger partial charge in [0.05, 0.1) is 18.7 Å². The van der Waals surface area contributed by atoms with Crippen molar-refractivity contribution < 1.29 is 9.90 Å². The summed E-state index contributed by atoms with van der Waals surface area (Å²) in [4.78, 5) is 19.1. The number of piperazine rings is 1. The van der Waals surface area contributed by atoms with Crippen molar-refractivity contribution in [1.29, 1.82) is 0 Å². The maximum atomic E-state index is 12.8. The van der Waals surface area contributed by atoms with Crippen molar-refractivity contribution in [3.8, 4) is 0 Å². The lowest BCUT2D eigenvalue weighted by Gasteiger charge is -2.38. The van der Waals surface area contributed by atoms with E-state index in [9.17, 15) is 9.90 Å². The normalized spacial score (nSPS) is 19.0. The fourth-order valence-electron chi connectivity index (χ4n) is 3.11. The van der Waals surface area contributed by atoms with E-state index in [-0.39, 0.29) is 11.9 Å². The first-order valence-electron chi connectivity index (χ1n) is 8.88. The van der Waals surface area contributed by atoms with Crippen molar-refractivity contribution in [3.63, 3.8) is 0 Å². The highest BCUT2D eigenvalue weighted by Crippen LogP contribution is 2.16. The lowest BCUT2D eigenvalue weighted by atomic mass is 10.1. The smallest absolute Gasteiger partial charge is 0.239 e. The Kier molecular flexibility index (Phi) is 6.78. The van der Waals surface area contributed by atoms with Crippen LogP contribution in [0.3, 0.4) is 0 Å². The van der Waals surface area contributed by atoms with Gasteiger partial charge in [-0.1, -0.05) is 29.8 Å². The van der Waals surface area contributed by atoms with Crippen LogP contribution in [0.5, 0.6) is 0 Å². The highest BCUT2D eigenvalue weighted by molar-refractivity contribution is 5.81. The second kappa shape index (κ2) is 8.60. The predicted molar refractivity (Wildman–Crippen MR) is 96.9 cm³/mol. The molecule has 1 aliphatic heterocycles. The Labute approximate surface area is 145 Å². The van der Waals surface area contributed by atoms with Gasteiger partial charge in [-0.15, -0.1) is 0 Å². The molecule has 0 aliphatic carbocycles. The molecular formula is C19H31N3O2. The van der Waals surface area contributed by atoms with Crippen LogP contribution in [0.15, 0.2) is 24.3 Å². The highest BCUT2D eigenvalue weighted by atomic mass is 16.3. The van der Waals surface area contributed by atoms with Crippen LogP contribution in [-0.2, 0) is 4.79 Å². The molecule has 2 atom stereocenters. The van der Waals surface area contributed by atoms with Crippen molar-refractivity contribution >= 4 is 5.91 Å². The molecule has 5 heteroatoms. The summed E-state index contributed by atoms with van der Waals surface area (Å²) < 4.78 is 0. The zero-order chi connectivity index (χ0) is 17.7. The molecule has 0 aromatic heterocycles. The minimum Gasteiger partial charge on any atom is -0.387 e. The zero-order valence-electron chi connectivity index (χ0n) is 15.4. The second-order valence-corrected chi connectivity index (χ2v) is 6.82. The fourth-order valence-corrected chi connectivity index (χ4v) is 3.11. The number of rotatable bonds is 6. The average Bonchev–Trinajstić information content (AvgIpc) is 2.59. The summed E-state index contributed by atoms with van der Waals surface area (Å²) in [6.07, 6.45) is -0.644. The maximum Gasteiger partial charge on any atom is 0.239 e. The molecule has 1 fully saturated rings. The number of likely N-dealkylation sites (N-methyl/N-ethyl adjacent to an activating group) is 2. The Bertz CT molecular complexity index is 524. The van der Waals surface area contributed by atoms with Gasteiger partial charge < -0.3 is 14.9 Å². The monoisotopic (exact) mass is 333 g/mol. The van der Waals surface area contributed by atoms with Crippen LogP contribution < -0.4 is 0 Å². The summed E-state index contributed by atoms with van der Waals surface area (Å²) in [7, 11) is 2.11. The molecule has 2 rings (SSSR count). The third-order valence-corrected chi connectivity index (χ3v) is 4.99. The fraction of sp³-hybridized carbons (Fsp3) is 0.632. The minimum absolute atomic E-state index is 0.105. The molecule has 1 saturated heterocycles. The summed E-state index contributed by atoms with van der Waals surface area (Å²) in [5.41, 5.74) is 2.03. The zero-order valence-corrected chi connectivity index (χ0v) is 15.4. The molecule has 1 aromatic rings. The molecule has 134 valence electrons. The van der Waals surface area contributed by atoms with Gasteiger partial charge in [0.15, 0.2) is 0 Å². The van der Waals surface area contributed by atoms with E-state index in [4.69, 9.17) is 0 Å². The topological polar surface area (TPSA) is 47.0 Å². The quantitative estimate of drug-likeness (QED) is 0.857. The minimum atomic E-state index is -0.644. The van der Waals surface area contributed by atoms with Crippen LogP contribution in [0.2, 0.25) is 0 Å². The average molecular weight is 333 g/mol. The lowest BCUT2D eigenvalue weighted by molar-refractivity contribution is -0.138. The van der Waals surface area contributed by atoms with E-state index in [1.54, 1.807) is 4.90 Å². The van der Waals surface area contributed by atoms with Crippen LogP contribution in [0.1, 0.15) is 31.1 Å². The van der Waals surface area contributed by atoms with Gasteiger partial charge >= 0.3 is 0 Å². The van der Waals surface area contributed by atoms with Gasteiger partial charge in [-0.25, -0.2) is 0 Å². The summed E-state index contributed by atoms with van der Waals surface area (Å²) in [5.74, 6) is 0.105. The van der Waals surface area contributed by atoms with E-state index in [0.717, 1.165) is 37.3 Å². The number of aliphatic hydroxyl groups excluding tert-OH is 1. The Morgan fingerprint density at radius 1 is 1.21 bits per heavy atom. The van der Waals surface area contributed by atoms with Crippen LogP contribution in [0.4, 0.5) is 0 Å². The van der Waals surface area contributed by atoms with E-state index in [2.05, 4.69) is 16.8 Å². The van der Waals surface area contributed by atoms with Gasteiger partial charge in [-0.3, -0.25) is 9.69 Å². The standard InChI is InChI=1S/C19H31N3O2/c1-5-21(14-18(23)17-8-6-15(2)7-9-17)19(24)16(3)22-12-10-20(4)11-13-22/h6-9,16,18,23H,5,10-14H2,1-4H3. The van der Waals surface area contributed by atoms with Gasteiger partial charge in [0.1, 0.15) is 0 Å². The Morgan fingerprint density at radius 2 is 1.79 bits per heavy atom. The van der Waals surface area contributed by atoms with Crippen LogP contribution in [0, 0.1) is 6.92 Å². The van der Waals surface area contributed by atoms with Crippen molar-refractivity contribution in [2.24, 2.45) is 0 Å².